The molecule has 1 aromatic rings. The Morgan fingerprint density at radius 1 is 1.12 bits per heavy atom. The highest BCUT2D eigenvalue weighted by Gasteiger charge is 2.29. The molecule has 2 saturated heterocycles. The summed E-state index contributed by atoms with van der Waals surface area (Å²) >= 11 is 6.06. The Bertz CT molecular complexity index is 611. The van der Waals surface area contributed by atoms with Gasteiger partial charge in [0, 0.05) is 19.0 Å². The number of morpholine rings is 1. The van der Waals surface area contributed by atoms with Crippen LogP contribution in [-0.4, -0.2) is 67.6 Å². The van der Waals surface area contributed by atoms with Gasteiger partial charge in [0.2, 0.25) is 11.8 Å². The van der Waals surface area contributed by atoms with Crippen LogP contribution in [0.5, 0.6) is 0 Å². The van der Waals surface area contributed by atoms with Crippen LogP contribution >= 0.6 is 11.6 Å². The van der Waals surface area contributed by atoms with Gasteiger partial charge in [-0.05, 0) is 38.1 Å². The summed E-state index contributed by atoms with van der Waals surface area (Å²) in [6.45, 7) is 4.50. The van der Waals surface area contributed by atoms with Crippen LogP contribution in [0.15, 0.2) is 24.3 Å². The lowest BCUT2D eigenvalue weighted by Gasteiger charge is -2.35. The van der Waals surface area contributed by atoms with E-state index in [1.807, 2.05) is 17.0 Å². The number of rotatable bonds is 4. The fraction of sp³-hybridized carbons (Fsp3) is 0.556. The van der Waals surface area contributed by atoms with Gasteiger partial charge in [-0.25, -0.2) is 0 Å². The molecule has 0 saturated carbocycles. The van der Waals surface area contributed by atoms with E-state index >= 15 is 0 Å². The number of anilines is 1. The quantitative estimate of drug-likeness (QED) is 0.884. The highest BCUT2D eigenvalue weighted by Crippen LogP contribution is 2.22. The van der Waals surface area contributed by atoms with E-state index in [2.05, 4.69) is 10.2 Å². The van der Waals surface area contributed by atoms with Gasteiger partial charge >= 0.3 is 0 Å². The molecule has 1 N–H and O–H groups in total. The van der Waals surface area contributed by atoms with Crippen molar-refractivity contribution < 1.29 is 14.3 Å². The van der Waals surface area contributed by atoms with E-state index in [-0.39, 0.29) is 17.7 Å². The van der Waals surface area contributed by atoms with Gasteiger partial charge in [-0.1, -0.05) is 23.7 Å². The van der Waals surface area contributed by atoms with Crippen LogP contribution in [0.1, 0.15) is 12.8 Å². The van der Waals surface area contributed by atoms with Crippen LogP contribution in [0.25, 0.3) is 0 Å². The first-order valence-electron chi connectivity index (χ1n) is 8.77. The van der Waals surface area contributed by atoms with E-state index in [0.29, 0.717) is 43.6 Å². The number of hydrogen-bond donors (Lipinski definition) is 1. The number of nitrogens with zero attached hydrogens (tertiary/aromatic N) is 2. The lowest BCUT2D eigenvalue weighted by atomic mass is 9.95. The third-order valence-corrected chi connectivity index (χ3v) is 5.10. The van der Waals surface area contributed by atoms with Crippen LogP contribution in [0.2, 0.25) is 5.02 Å². The van der Waals surface area contributed by atoms with E-state index in [1.54, 1.807) is 12.1 Å². The molecule has 6 nitrogen and oxygen atoms in total. The highest BCUT2D eigenvalue weighted by atomic mass is 35.5. The molecule has 0 aliphatic carbocycles. The van der Waals surface area contributed by atoms with Gasteiger partial charge in [0.1, 0.15) is 0 Å². The highest BCUT2D eigenvalue weighted by molar-refractivity contribution is 6.33. The lowest BCUT2D eigenvalue weighted by Crippen LogP contribution is -2.47. The Morgan fingerprint density at radius 2 is 1.80 bits per heavy atom. The Labute approximate surface area is 153 Å². The summed E-state index contributed by atoms with van der Waals surface area (Å²) in [5.41, 5.74) is 0.631. The van der Waals surface area contributed by atoms with Crippen LogP contribution in [0, 0.1) is 5.92 Å². The third-order valence-electron chi connectivity index (χ3n) is 4.77. The van der Waals surface area contributed by atoms with Crippen molar-refractivity contribution in [2.24, 2.45) is 5.92 Å². The van der Waals surface area contributed by atoms with Gasteiger partial charge in [0.15, 0.2) is 0 Å². The summed E-state index contributed by atoms with van der Waals surface area (Å²) in [4.78, 5) is 28.7. The predicted molar refractivity (Wildman–Crippen MR) is 96.6 cm³/mol. The van der Waals surface area contributed by atoms with Crippen molar-refractivity contribution in [1.29, 1.82) is 0 Å². The smallest absolute Gasteiger partial charge is 0.238 e. The van der Waals surface area contributed by atoms with Crippen molar-refractivity contribution in [3.05, 3.63) is 29.3 Å². The van der Waals surface area contributed by atoms with E-state index < -0.39 is 0 Å². The van der Waals surface area contributed by atoms with Crippen molar-refractivity contribution in [1.82, 2.24) is 9.80 Å². The zero-order valence-electron chi connectivity index (χ0n) is 14.2. The summed E-state index contributed by atoms with van der Waals surface area (Å²) in [6.07, 6.45) is 1.60. The first-order valence-corrected chi connectivity index (χ1v) is 9.14. The molecule has 0 spiro atoms. The fourth-order valence-corrected chi connectivity index (χ4v) is 3.52. The molecule has 0 bridgehead atoms. The lowest BCUT2D eigenvalue weighted by molar-refractivity contribution is -0.141. The van der Waals surface area contributed by atoms with Crippen LogP contribution in [0.4, 0.5) is 5.69 Å². The number of carbonyl (C=O) groups excluding carboxylic acids is 2. The second-order valence-corrected chi connectivity index (χ2v) is 6.92. The molecule has 2 aliphatic rings. The summed E-state index contributed by atoms with van der Waals surface area (Å²) in [6, 6.07) is 7.20. The molecule has 1 aromatic carbocycles. The van der Waals surface area contributed by atoms with E-state index in [9.17, 15) is 9.59 Å². The zero-order valence-corrected chi connectivity index (χ0v) is 15.0. The van der Waals surface area contributed by atoms with Crippen LogP contribution in [0.3, 0.4) is 0 Å². The van der Waals surface area contributed by atoms with E-state index in [4.69, 9.17) is 16.3 Å². The Hall–Kier alpha value is -1.63. The molecule has 7 heteroatoms. The molecular formula is C18H24ClN3O3. The minimum absolute atomic E-state index is 0.0704. The maximum Gasteiger partial charge on any atom is 0.238 e. The number of halogens is 1. The third kappa shape index (κ3) is 4.93. The van der Waals surface area contributed by atoms with Crippen molar-refractivity contribution in [2.75, 3.05) is 51.3 Å². The SMILES string of the molecule is O=C(CN1CCC(C(=O)N2CCOCC2)CC1)Nc1ccccc1Cl. The molecule has 0 unspecified atom stereocenters. The minimum atomic E-state index is -0.0777. The van der Waals surface area contributed by atoms with Crippen molar-refractivity contribution in [3.63, 3.8) is 0 Å². The first-order chi connectivity index (χ1) is 12.1. The van der Waals surface area contributed by atoms with Crippen molar-refractivity contribution in [3.8, 4) is 0 Å². The normalized spacial score (nSPS) is 19.6. The largest absolute Gasteiger partial charge is 0.378 e. The van der Waals surface area contributed by atoms with Crippen LogP contribution in [-0.2, 0) is 14.3 Å². The number of likely N-dealkylation sites (tertiary alicyclic amines) is 1. The Morgan fingerprint density at radius 3 is 2.48 bits per heavy atom. The molecule has 25 heavy (non-hydrogen) atoms. The minimum Gasteiger partial charge on any atom is -0.378 e. The number of nitrogens with one attached hydrogen (secondary N) is 1. The second kappa shape index (κ2) is 8.65. The summed E-state index contributed by atoms with van der Waals surface area (Å²) in [5.74, 6) is 0.232. The molecule has 2 aliphatic heterocycles. The van der Waals surface area contributed by atoms with Gasteiger partial charge in [0.25, 0.3) is 0 Å². The van der Waals surface area contributed by atoms with Gasteiger partial charge in [-0.3, -0.25) is 14.5 Å². The van der Waals surface area contributed by atoms with Gasteiger partial charge in [-0.2, -0.15) is 0 Å². The van der Waals surface area contributed by atoms with E-state index in [0.717, 1.165) is 25.9 Å². The molecular weight excluding hydrogens is 342 g/mol. The average molecular weight is 366 g/mol. The number of piperidine rings is 1. The van der Waals surface area contributed by atoms with Crippen molar-refractivity contribution >= 4 is 29.1 Å². The summed E-state index contributed by atoms with van der Waals surface area (Å²) < 4.78 is 5.30. The first kappa shape index (κ1) is 18.2. The summed E-state index contributed by atoms with van der Waals surface area (Å²) in [5, 5.41) is 3.37. The number of carbonyl (C=O) groups is 2. The topological polar surface area (TPSA) is 61.9 Å². The molecule has 0 aromatic heterocycles. The molecule has 0 radical (unpaired) electrons. The Balaban J connectivity index is 1.43. The number of ether oxygens (including phenoxy) is 1. The molecule has 136 valence electrons. The average Bonchev–Trinajstić information content (AvgIpc) is 2.64. The molecule has 2 amide bonds. The number of para-hydroxylation sites is 1. The molecule has 3 rings (SSSR count). The summed E-state index contributed by atoms with van der Waals surface area (Å²) in [7, 11) is 0. The maximum atomic E-state index is 12.5. The second-order valence-electron chi connectivity index (χ2n) is 6.52. The fourth-order valence-electron chi connectivity index (χ4n) is 3.34. The van der Waals surface area contributed by atoms with Gasteiger partial charge < -0.3 is 15.0 Å². The molecule has 2 heterocycles. The molecule has 0 atom stereocenters. The standard InChI is InChI=1S/C18H24ClN3O3/c19-15-3-1-2-4-16(15)20-17(23)13-21-7-5-14(6-8-21)18(24)22-9-11-25-12-10-22/h1-4,14H,5-13H2,(H,20,23). The molecule has 2 fully saturated rings. The van der Waals surface area contributed by atoms with Crippen molar-refractivity contribution in [2.45, 2.75) is 12.8 Å². The van der Waals surface area contributed by atoms with Crippen LogP contribution < -0.4 is 5.32 Å². The monoisotopic (exact) mass is 365 g/mol. The maximum absolute atomic E-state index is 12.5. The number of amides is 2. The van der Waals surface area contributed by atoms with E-state index in [1.165, 1.54) is 0 Å². The number of benzene rings is 1. The van der Waals surface area contributed by atoms with Gasteiger partial charge in [-0.15, -0.1) is 0 Å². The zero-order chi connectivity index (χ0) is 17.6. The Kier molecular flexibility index (Phi) is 6.29. The number of hydrogen-bond acceptors (Lipinski definition) is 4. The van der Waals surface area contributed by atoms with Gasteiger partial charge in [0.05, 0.1) is 30.5 Å². The predicted octanol–water partition coefficient (Wildman–Crippen LogP) is 1.85.